The molecular weight excluding hydrogens is 318 g/mol. The van der Waals surface area contributed by atoms with E-state index in [1.807, 2.05) is 0 Å². The van der Waals surface area contributed by atoms with Crippen LogP contribution in [0.4, 0.5) is 0 Å². The van der Waals surface area contributed by atoms with Crippen LogP contribution in [0.3, 0.4) is 0 Å². The predicted octanol–water partition coefficient (Wildman–Crippen LogP) is 2.97. The Morgan fingerprint density at radius 3 is 2.96 bits per heavy atom. The molecule has 1 atom stereocenters. The highest BCUT2D eigenvalue weighted by Gasteiger charge is 2.21. The van der Waals surface area contributed by atoms with E-state index in [-0.39, 0.29) is 0 Å². The van der Waals surface area contributed by atoms with Gasteiger partial charge in [-0.15, -0.1) is 11.3 Å². The van der Waals surface area contributed by atoms with Crippen LogP contribution in [0.1, 0.15) is 44.3 Å². The molecule has 0 aliphatic carbocycles. The molecule has 1 aromatic rings. The average molecular weight is 352 g/mol. The van der Waals surface area contributed by atoms with Gasteiger partial charge in [-0.1, -0.05) is 0 Å². The minimum atomic E-state index is 0.639. The van der Waals surface area contributed by atoms with Gasteiger partial charge < -0.3 is 15.1 Å². The molecular formula is C18H33N5S. The van der Waals surface area contributed by atoms with Crippen molar-refractivity contribution in [3.8, 4) is 0 Å². The minimum Gasteiger partial charge on any atom is -0.357 e. The first-order valence-corrected chi connectivity index (χ1v) is 10.0. The fourth-order valence-corrected chi connectivity index (χ4v) is 3.80. The van der Waals surface area contributed by atoms with Gasteiger partial charge in [0.1, 0.15) is 0 Å². The number of thiazole rings is 1. The van der Waals surface area contributed by atoms with Crippen LogP contribution in [0, 0.1) is 12.8 Å². The molecule has 6 heteroatoms. The summed E-state index contributed by atoms with van der Waals surface area (Å²) in [5.74, 6) is 1.66. The molecule has 2 rings (SSSR count). The lowest BCUT2D eigenvalue weighted by Crippen LogP contribution is -2.42. The highest BCUT2D eigenvalue weighted by atomic mass is 32.1. The van der Waals surface area contributed by atoms with Crippen molar-refractivity contribution in [1.29, 1.82) is 0 Å². The topological polar surface area (TPSA) is 43.8 Å². The van der Waals surface area contributed by atoms with Crippen molar-refractivity contribution in [3.05, 3.63) is 16.1 Å². The number of nitrogens with one attached hydrogen (secondary N) is 1. The largest absolute Gasteiger partial charge is 0.357 e. The maximum atomic E-state index is 4.91. The second-order valence-corrected chi connectivity index (χ2v) is 8.07. The summed E-state index contributed by atoms with van der Waals surface area (Å²) in [7, 11) is 2.09. The predicted molar refractivity (Wildman–Crippen MR) is 104 cm³/mol. The van der Waals surface area contributed by atoms with E-state index in [9.17, 15) is 0 Å². The van der Waals surface area contributed by atoms with Gasteiger partial charge in [0.15, 0.2) is 5.96 Å². The van der Waals surface area contributed by atoms with E-state index < -0.39 is 0 Å². The van der Waals surface area contributed by atoms with Gasteiger partial charge >= 0.3 is 0 Å². The van der Waals surface area contributed by atoms with Gasteiger partial charge in [-0.05, 0) is 53.0 Å². The van der Waals surface area contributed by atoms with Crippen molar-refractivity contribution in [2.75, 3.05) is 33.2 Å². The molecule has 0 bridgehead atoms. The molecule has 0 aromatic carbocycles. The van der Waals surface area contributed by atoms with Gasteiger partial charge in [-0.3, -0.25) is 4.99 Å². The maximum Gasteiger partial charge on any atom is 0.194 e. The second-order valence-electron chi connectivity index (χ2n) is 7.01. The van der Waals surface area contributed by atoms with Gasteiger partial charge in [0.25, 0.3) is 0 Å². The third-order valence-electron chi connectivity index (χ3n) is 4.54. The summed E-state index contributed by atoms with van der Waals surface area (Å²) in [4.78, 5) is 14.2. The standard InChI is InChI=1S/C18H33N5S/c1-6-19-18(22(5)12-17-13-24-15(4)21-17)20-10-16-8-7-9-23(11-16)14(2)3/h13-14,16H,6-12H2,1-5H3,(H,19,20). The number of hydrogen-bond acceptors (Lipinski definition) is 4. The molecule has 1 fully saturated rings. The molecule has 24 heavy (non-hydrogen) atoms. The van der Waals surface area contributed by atoms with Crippen molar-refractivity contribution >= 4 is 17.3 Å². The summed E-state index contributed by atoms with van der Waals surface area (Å²) >= 11 is 1.71. The van der Waals surface area contributed by atoms with Gasteiger partial charge in [0.05, 0.1) is 17.2 Å². The Labute approximate surface area is 151 Å². The Balaban J connectivity index is 1.94. The lowest BCUT2D eigenvalue weighted by molar-refractivity contribution is 0.143. The van der Waals surface area contributed by atoms with Crippen LogP contribution in [0.25, 0.3) is 0 Å². The molecule has 2 heterocycles. The minimum absolute atomic E-state index is 0.639. The highest BCUT2D eigenvalue weighted by Crippen LogP contribution is 2.19. The number of rotatable bonds is 6. The van der Waals surface area contributed by atoms with Crippen LogP contribution in [0.15, 0.2) is 10.4 Å². The second kappa shape index (κ2) is 9.37. The van der Waals surface area contributed by atoms with Crippen molar-refractivity contribution in [1.82, 2.24) is 20.1 Å². The van der Waals surface area contributed by atoms with E-state index in [1.54, 1.807) is 11.3 Å². The van der Waals surface area contributed by atoms with Crippen molar-refractivity contribution in [3.63, 3.8) is 0 Å². The van der Waals surface area contributed by atoms with Gasteiger partial charge in [0.2, 0.25) is 0 Å². The number of aromatic nitrogens is 1. The smallest absolute Gasteiger partial charge is 0.194 e. The molecule has 1 aliphatic rings. The molecule has 1 N–H and O–H groups in total. The Morgan fingerprint density at radius 2 is 2.33 bits per heavy atom. The van der Waals surface area contributed by atoms with Gasteiger partial charge in [0, 0.05) is 38.1 Å². The number of piperidine rings is 1. The zero-order chi connectivity index (χ0) is 17.5. The fourth-order valence-electron chi connectivity index (χ4n) is 3.20. The number of aryl methyl sites for hydroxylation is 1. The van der Waals surface area contributed by atoms with E-state index in [1.165, 1.54) is 25.9 Å². The number of guanidine groups is 1. The van der Waals surface area contributed by atoms with Crippen LogP contribution in [-0.4, -0.2) is 60.0 Å². The van der Waals surface area contributed by atoms with Crippen molar-refractivity contribution in [2.24, 2.45) is 10.9 Å². The Morgan fingerprint density at radius 1 is 1.54 bits per heavy atom. The zero-order valence-electron chi connectivity index (χ0n) is 15.9. The normalized spacial score (nSPS) is 19.8. The van der Waals surface area contributed by atoms with Crippen LogP contribution >= 0.6 is 11.3 Å². The number of nitrogens with zero attached hydrogens (tertiary/aromatic N) is 4. The molecule has 1 aliphatic heterocycles. The SMILES string of the molecule is CCNC(=NCC1CCCN(C(C)C)C1)N(C)Cc1csc(C)n1. The number of aliphatic imine (C=N–C) groups is 1. The van der Waals surface area contributed by atoms with Crippen LogP contribution < -0.4 is 5.32 Å². The lowest BCUT2D eigenvalue weighted by Gasteiger charge is -2.35. The monoisotopic (exact) mass is 351 g/mol. The molecule has 1 unspecified atom stereocenters. The van der Waals surface area contributed by atoms with E-state index in [0.29, 0.717) is 12.0 Å². The van der Waals surface area contributed by atoms with Crippen LogP contribution in [-0.2, 0) is 6.54 Å². The number of likely N-dealkylation sites (tertiary alicyclic amines) is 1. The fraction of sp³-hybridized carbons (Fsp3) is 0.778. The summed E-state index contributed by atoms with van der Waals surface area (Å²) < 4.78 is 0. The van der Waals surface area contributed by atoms with E-state index in [2.05, 4.69) is 60.2 Å². The van der Waals surface area contributed by atoms with E-state index in [0.717, 1.165) is 36.3 Å². The average Bonchev–Trinajstić information content (AvgIpc) is 2.96. The number of hydrogen-bond donors (Lipinski definition) is 1. The molecule has 0 saturated carbocycles. The quantitative estimate of drug-likeness (QED) is 0.632. The summed E-state index contributed by atoms with van der Waals surface area (Å²) in [6, 6.07) is 0.639. The molecule has 0 spiro atoms. The van der Waals surface area contributed by atoms with Gasteiger partial charge in [-0.25, -0.2) is 4.98 Å². The Hall–Kier alpha value is -1.14. The Bertz CT molecular complexity index is 525. The Kier molecular flexibility index (Phi) is 7.49. The first kappa shape index (κ1) is 19.2. The first-order valence-electron chi connectivity index (χ1n) is 9.14. The van der Waals surface area contributed by atoms with Crippen LogP contribution in [0.2, 0.25) is 0 Å². The lowest BCUT2D eigenvalue weighted by atomic mass is 9.97. The molecule has 136 valence electrons. The van der Waals surface area contributed by atoms with E-state index >= 15 is 0 Å². The highest BCUT2D eigenvalue weighted by molar-refractivity contribution is 7.09. The third kappa shape index (κ3) is 5.74. The van der Waals surface area contributed by atoms with Crippen LogP contribution in [0.5, 0.6) is 0 Å². The van der Waals surface area contributed by atoms with Crippen molar-refractivity contribution in [2.45, 2.75) is 53.1 Å². The summed E-state index contributed by atoms with van der Waals surface area (Å²) in [5.41, 5.74) is 1.12. The molecule has 1 saturated heterocycles. The summed E-state index contributed by atoms with van der Waals surface area (Å²) in [6.07, 6.45) is 2.59. The van der Waals surface area contributed by atoms with E-state index in [4.69, 9.17) is 4.99 Å². The third-order valence-corrected chi connectivity index (χ3v) is 5.36. The zero-order valence-corrected chi connectivity index (χ0v) is 16.7. The molecule has 1 aromatic heterocycles. The van der Waals surface area contributed by atoms with Gasteiger partial charge in [-0.2, -0.15) is 0 Å². The molecule has 0 amide bonds. The molecule has 0 radical (unpaired) electrons. The molecule has 5 nitrogen and oxygen atoms in total. The summed E-state index contributed by atoms with van der Waals surface area (Å²) in [5, 5.41) is 6.68. The van der Waals surface area contributed by atoms with Crippen molar-refractivity contribution < 1.29 is 0 Å². The summed E-state index contributed by atoms with van der Waals surface area (Å²) in [6.45, 7) is 13.8. The first-order chi connectivity index (χ1) is 11.5. The maximum absolute atomic E-state index is 4.91.